The van der Waals surface area contributed by atoms with E-state index in [0.717, 1.165) is 30.9 Å². The standard InChI is InChI=1S/C18H27N5O2/c1-3-4-9-21-18(19-2)22-12-14-5-7-15(8-6-14)17(25)23-11-10-20-16(24)13-23/h5-8H,3-4,9-13H2,1-2H3,(H,20,24)(H2,19,21,22). The summed E-state index contributed by atoms with van der Waals surface area (Å²) in [5, 5.41) is 9.23. The molecule has 0 aromatic heterocycles. The first kappa shape index (κ1) is 18.8. The number of guanidine groups is 1. The molecule has 1 heterocycles. The average Bonchev–Trinajstić information content (AvgIpc) is 2.64. The number of rotatable bonds is 6. The zero-order chi connectivity index (χ0) is 18.1. The van der Waals surface area contributed by atoms with Gasteiger partial charge in [0, 0.05) is 38.8 Å². The third-order valence-corrected chi connectivity index (χ3v) is 4.03. The fourth-order valence-electron chi connectivity index (χ4n) is 2.55. The Morgan fingerprint density at radius 3 is 2.68 bits per heavy atom. The number of nitrogens with one attached hydrogen (secondary N) is 3. The summed E-state index contributed by atoms with van der Waals surface area (Å²) < 4.78 is 0. The molecule has 0 saturated carbocycles. The van der Waals surface area contributed by atoms with Gasteiger partial charge in [-0.3, -0.25) is 14.6 Å². The largest absolute Gasteiger partial charge is 0.356 e. The van der Waals surface area contributed by atoms with Crippen molar-refractivity contribution in [1.82, 2.24) is 20.9 Å². The molecule has 25 heavy (non-hydrogen) atoms. The second kappa shape index (κ2) is 9.66. The van der Waals surface area contributed by atoms with E-state index in [4.69, 9.17) is 0 Å². The minimum atomic E-state index is -0.109. The van der Waals surface area contributed by atoms with Crippen LogP contribution in [0.1, 0.15) is 35.7 Å². The Morgan fingerprint density at radius 1 is 1.28 bits per heavy atom. The zero-order valence-electron chi connectivity index (χ0n) is 15.0. The van der Waals surface area contributed by atoms with Gasteiger partial charge in [0.1, 0.15) is 0 Å². The number of hydrogen-bond donors (Lipinski definition) is 3. The van der Waals surface area contributed by atoms with Crippen LogP contribution in [0.2, 0.25) is 0 Å². The third kappa shape index (κ3) is 5.77. The normalized spacial score (nSPS) is 14.9. The highest BCUT2D eigenvalue weighted by Crippen LogP contribution is 2.09. The Morgan fingerprint density at radius 2 is 2.04 bits per heavy atom. The summed E-state index contributed by atoms with van der Waals surface area (Å²) in [5.41, 5.74) is 1.66. The summed E-state index contributed by atoms with van der Waals surface area (Å²) in [6.45, 7) is 4.86. The first-order chi connectivity index (χ1) is 12.1. The highest BCUT2D eigenvalue weighted by Gasteiger charge is 2.21. The van der Waals surface area contributed by atoms with Gasteiger partial charge in [0.2, 0.25) is 5.91 Å². The van der Waals surface area contributed by atoms with E-state index in [1.165, 1.54) is 0 Å². The van der Waals surface area contributed by atoms with E-state index in [2.05, 4.69) is 27.9 Å². The van der Waals surface area contributed by atoms with Crippen LogP contribution in [-0.4, -0.2) is 55.9 Å². The Kier molecular flexibility index (Phi) is 7.25. The number of hydrogen-bond acceptors (Lipinski definition) is 3. The molecule has 7 nitrogen and oxygen atoms in total. The molecule has 2 amide bonds. The van der Waals surface area contributed by atoms with Gasteiger partial charge in [-0.05, 0) is 24.1 Å². The van der Waals surface area contributed by atoms with Crippen molar-refractivity contribution in [1.29, 1.82) is 0 Å². The van der Waals surface area contributed by atoms with Crippen molar-refractivity contribution < 1.29 is 9.59 Å². The molecule has 1 aliphatic heterocycles. The lowest BCUT2D eigenvalue weighted by molar-refractivity contribution is -0.123. The smallest absolute Gasteiger partial charge is 0.254 e. The summed E-state index contributed by atoms with van der Waals surface area (Å²) in [5.74, 6) is 0.557. The van der Waals surface area contributed by atoms with Gasteiger partial charge in [0.05, 0.1) is 6.54 Å². The molecule has 1 saturated heterocycles. The Bertz CT molecular complexity index is 612. The molecule has 0 spiro atoms. The summed E-state index contributed by atoms with van der Waals surface area (Å²) in [7, 11) is 1.75. The molecule has 0 radical (unpaired) electrons. The Balaban J connectivity index is 1.86. The molecular weight excluding hydrogens is 318 g/mol. The highest BCUT2D eigenvalue weighted by atomic mass is 16.2. The van der Waals surface area contributed by atoms with E-state index in [0.29, 0.717) is 25.2 Å². The van der Waals surface area contributed by atoms with Gasteiger partial charge in [0.25, 0.3) is 5.91 Å². The van der Waals surface area contributed by atoms with Crippen molar-refractivity contribution in [2.45, 2.75) is 26.3 Å². The molecule has 136 valence electrons. The summed E-state index contributed by atoms with van der Waals surface area (Å²) >= 11 is 0. The summed E-state index contributed by atoms with van der Waals surface area (Å²) in [6, 6.07) is 7.45. The van der Waals surface area contributed by atoms with Crippen LogP contribution in [-0.2, 0) is 11.3 Å². The minimum Gasteiger partial charge on any atom is -0.356 e. The maximum atomic E-state index is 12.4. The number of piperazine rings is 1. The fourth-order valence-corrected chi connectivity index (χ4v) is 2.55. The molecule has 2 rings (SSSR count). The van der Waals surface area contributed by atoms with Crippen molar-refractivity contribution >= 4 is 17.8 Å². The molecular formula is C18H27N5O2. The quantitative estimate of drug-likeness (QED) is 0.403. The van der Waals surface area contributed by atoms with Crippen LogP contribution in [0, 0.1) is 0 Å². The summed E-state index contributed by atoms with van der Waals surface area (Å²) in [4.78, 5) is 29.6. The van der Waals surface area contributed by atoms with E-state index >= 15 is 0 Å². The lowest BCUT2D eigenvalue weighted by atomic mass is 10.1. The molecule has 1 fully saturated rings. The van der Waals surface area contributed by atoms with Crippen molar-refractivity contribution in [3.05, 3.63) is 35.4 Å². The van der Waals surface area contributed by atoms with E-state index < -0.39 is 0 Å². The number of aliphatic imine (C=N–C) groups is 1. The molecule has 0 unspecified atom stereocenters. The van der Waals surface area contributed by atoms with Crippen LogP contribution in [0.3, 0.4) is 0 Å². The molecule has 0 aliphatic carbocycles. The first-order valence-electron chi connectivity index (χ1n) is 8.73. The maximum absolute atomic E-state index is 12.4. The number of carbonyl (C=O) groups excluding carboxylic acids is 2. The van der Waals surface area contributed by atoms with Crippen molar-refractivity contribution in [2.75, 3.05) is 33.2 Å². The maximum Gasteiger partial charge on any atom is 0.254 e. The minimum absolute atomic E-state index is 0.105. The molecule has 1 aromatic carbocycles. The van der Waals surface area contributed by atoms with Crippen LogP contribution in [0.4, 0.5) is 0 Å². The molecule has 0 bridgehead atoms. The van der Waals surface area contributed by atoms with Gasteiger partial charge in [-0.15, -0.1) is 0 Å². The molecule has 7 heteroatoms. The van der Waals surface area contributed by atoms with Gasteiger partial charge in [-0.2, -0.15) is 0 Å². The molecule has 3 N–H and O–H groups in total. The fraction of sp³-hybridized carbons (Fsp3) is 0.500. The summed E-state index contributed by atoms with van der Waals surface area (Å²) in [6.07, 6.45) is 2.24. The SMILES string of the molecule is CCCCNC(=NC)NCc1ccc(C(=O)N2CCNC(=O)C2)cc1. The van der Waals surface area contributed by atoms with Crippen molar-refractivity contribution in [3.63, 3.8) is 0 Å². The van der Waals surface area contributed by atoms with Crippen LogP contribution in [0.15, 0.2) is 29.3 Å². The monoisotopic (exact) mass is 345 g/mol. The molecule has 1 aliphatic rings. The molecule has 1 aromatic rings. The topological polar surface area (TPSA) is 85.8 Å². The van der Waals surface area contributed by atoms with Crippen LogP contribution in [0.25, 0.3) is 0 Å². The number of nitrogens with zero attached hydrogens (tertiary/aromatic N) is 2. The van der Waals surface area contributed by atoms with E-state index in [1.807, 2.05) is 12.1 Å². The first-order valence-corrected chi connectivity index (χ1v) is 8.73. The predicted octanol–water partition coefficient (Wildman–Crippen LogP) is 0.724. The Labute approximate surface area is 148 Å². The molecule has 0 atom stereocenters. The van der Waals surface area contributed by atoms with Crippen molar-refractivity contribution in [3.8, 4) is 0 Å². The lowest BCUT2D eigenvalue weighted by Gasteiger charge is -2.26. The second-order valence-corrected chi connectivity index (χ2v) is 5.98. The second-order valence-electron chi connectivity index (χ2n) is 5.98. The van der Waals surface area contributed by atoms with Gasteiger partial charge in [-0.25, -0.2) is 0 Å². The Hall–Kier alpha value is -2.57. The van der Waals surface area contributed by atoms with Gasteiger partial charge in [-0.1, -0.05) is 25.5 Å². The lowest BCUT2D eigenvalue weighted by Crippen LogP contribution is -2.49. The van der Waals surface area contributed by atoms with Crippen LogP contribution < -0.4 is 16.0 Å². The van der Waals surface area contributed by atoms with Gasteiger partial charge >= 0.3 is 0 Å². The highest BCUT2D eigenvalue weighted by molar-refractivity contribution is 5.97. The van der Waals surface area contributed by atoms with Crippen LogP contribution in [0.5, 0.6) is 0 Å². The zero-order valence-corrected chi connectivity index (χ0v) is 15.0. The third-order valence-electron chi connectivity index (χ3n) is 4.03. The number of benzene rings is 1. The van der Waals surface area contributed by atoms with E-state index in [-0.39, 0.29) is 18.4 Å². The van der Waals surface area contributed by atoms with Crippen LogP contribution >= 0.6 is 0 Å². The van der Waals surface area contributed by atoms with E-state index in [9.17, 15) is 9.59 Å². The number of amides is 2. The average molecular weight is 345 g/mol. The van der Waals surface area contributed by atoms with Gasteiger partial charge < -0.3 is 20.9 Å². The predicted molar refractivity (Wildman–Crippen MR) is 98.5 cm³/mol. The number of unbranched alkanes of at least 4 members (excludes halogenated alkanes) is 1. The van der Waals surface area contributed by atoms with Gasteiger partial charge in [0.15, 0.2) is 5.96 Å². The van der Waals surface area contributed by atoms with E-state index in [1.54, 1.807) is 24.1 Å². The number of carbonyl (C=O) groups is 2. The van der Waals surface area contributed by atoms with Crippen molar-refractivity contribution in [2.24, 2.45) is 4.99 Å².